The Kier molecular flexibility index (Phi) is 9.78. The average molecular weight is 586 g/mol. The number of amides is 3. The van der Waals surface area contributed by atoms with E-state index < -0.39 is 0 Å². The Morgan fingerprint density at radius 2 is 1.42 bits per heavy atom. The fraction of sp³-hybridized carbons (Fsp3) is 0.364. The first kappa shape index (κ1) is 29.9. The summed E-state index contributed by atoms with van der Waals surface area (Å²) < 4.78 is 10.7. The summed E-state index contributed by atoms with van der Waals surface area (Å²) in [7, 11) is 3.11. The zero-order valence-electron chi connectivity index (χ0n) is 24.8. The Bertz CT molecular complexity index is 1430. The molecule has 3 aromatic carbocycles. The highest BCUT2D eigenvalue weighted by Crippen LogP contribution is 2.31. The van der Waals surface area contributed by atoms with Crippen LogP contribution >= 0.6 is 0 Å². The van der Waals surface area contributed by atoms with Crippen molar-refractivity contribution in [1.82, 2.24) is 15.1 Å². The first-order valence-electron chi connectivity index (χ1n) is 14.7. The lowest BCUT2D eigenvalue weighted by molar-refractivity contribution is -0.115. The van der Waals surface area contributed by atoms with Crippen LogP contribution in [0.1, 0.15) is 32.7 Å². The molecule has 0 aromatic heterocycles. The van der Waals surface area contributed by atoms with Gasteiger partial charge in [0, 0.05) is 56.9 Å². The van der Waals surface area contributed by atoms with E-state index in [-0.39, 0.29) is 24.1 Å². The van der Waals surface area contributed by atoms with E-state index in [2.05, 4.69) is 15.5 Å². The number of nitrogens with zero attached hydrogens (tertiary/aromatic N) is 3. The summed E-state index contributed by atoms with van der Waals surface area (Å²) in [6.45, 7) is 5.15. The van der Waals surface area contributed by atoms with E-state index in [0.29, 0.717) is 67.6 Å². The van der Waals surface area contributed by atoms with Gasteiger partial charge in [-0.25, -0.2) is 0 Å². The quantitative estimate of drug-likeness (QED) is 0.418. The molecule has 0 atom stereocenters. The molecular formula is C33H39N5O5. The Morgan fingerprint density at radius 1 is 0.744 bits per heavy atom. The molecule has 43 heavy (non-hydrogen) atoms. The smallest absolute Gasteiger partial charge is 0.254 e. The molecule has 2 heterocycles. The number of anilines is 2. The Balaban J connectivity index is 1.33. The summed E-state index contributed by atoms with van der Waals surface area (Å²) in [4.78, 5) is 45.7. The standard InChI is InChI=1S/C33H39N5O5/c1-42-29-12-10-26(23-30(29)43-2)33(41)38-19-17-36(18-20-38)28-11-9-25(32(40)37-15-6-13-34-14-16-37)22-27(28)35-31(39)21-24-7-4-3-5-8-24/h3-5,7-12,22-23,34H,6,13-21H2,1-2H3,(H,35,39). The molecule has 10 nitrogen and oxygen atoms in total. The number of carbonyl (C=O) groups is 3. The summed E-state index contributed by atoms with van der Waals surface area (Å²) >= 11 is 0. The van der Waals surface area contributed by atoms with Gasteiger partial charge in [-0.2, -0.15) is 0 Å². The third-order valence-electron chi connectivity index (χ3n) is 7.89. The van der Waals surface area contributed by atoms with E-state index in [1.165, 1.54) is 0 Å². The normalized spacial score (nSPS) is 15.4. The van der Waals surface area contributed by atoms with Crippen LogP contribution in [0.2, 0.25) is 0 Å². The largest absolute Gasteiger partial charge is 0.493 e. The van der Waals surface area contributed by atoms with Gasteiger partial charge in [-0.05, 0) is 54.9 Å². The van der Waals surface area contributed by atoms with Gasteiger partial charge in [-0.1, -0.05) is 30.3 Å². The second-order valence-corrected chi connectivity index (χ2v) is 10.7. The summed E-state index contributed by atoms with van der Waals surface area (Å²) in [6.07, 6.45) is 1.13. The highest BCUT2D eigenvalue weighted by atomic mass is 16.5. The highest BCUT2D eigenvalue weighted by molar-refractivity contribution is 6.00. The zero-order chi connectivity index (χ0) is 30.2. The molecule has 0 aliphatic carbocycles. The lowest BCUT2D eigenvalue weighted by Gasteiger charge is -2.37. The third kappa shape index (κ3) is 7.26. The number of rotatable bonds is 8. The van der Waals surface area contributed by atoms with Gasteiger partial charge >= 0.3 is 0 Å². The molecule has 2 aliphatic rings. The zero-order valence-corrected chi connectivity index (χ0v) is 24.8. The van der Waals surface area contributed by atoms with Crippen LogP contribution in [-0.2, 0) is 11.2 Å². The predicted octanol–water partition coefficient (Wildman–Crippen LogP) is 3.28. The molecule has 2 aliphatic heterocycles. The maximum Gasteiger partial charge on any atom is 0.254 e. The van der Waals surface area contributed by atoms with Crippen LogP contribution in [0.3, 0.4) is 0 Å². The predicted molar refractivity (Wildman–Crippen MR) is 166 cm³/mol. The minimum Gasteiger partial charge on any atom is -0.493 e. The Hall–Kier alpha value is -4.57. The SMILES string of the molecule is COc1ccc(C(=O)N2CCN(c3ccc(C(=O)N4CCCNCC4)cc3NC(=O)Cc3ccccc3)CC2)cc1OC. The minimum absolute atomic E-state index is 0.0425. The van der Waals surface area contributed by atoms with Crippen molar-refractivity contribution in [2.45, 2.75) is 12.8 Å². The van der Waals surface area contributed by atoms with Crippen LogP contribution in [0.5, 0.6) is 11.5 Å². The number of carbonyl (C=O) groups excluding carboxylic acids is 3. The molecule has 2 saturated heterocycles. The Labute approximate surface area is 252 Å². The summed E-state index contributed by atoms with van der Waals surface area (Å²) in [5.74, 6) is 0.802. The number of piperazine rings is 1. The van der Waals surface area contributed by atoms with E-state index in [1.807, 2.05) is 52.3 Å². The van der Waals surface area contributed by atoms with Crippen LogP contribution in [0, 0.1) is 0 Å². The Morgan fingerprint density at radius 3 is 2.14 bits per heavy atom. The molecule has 0 bridgehead atoms. The number of nitrogens with one attached hydrogen (secondary N) is 2. The third-order valence-corrected chi connectivity index (χ3v) is 7.89. The van der Waals surface area contributed by atoms with E-state index in [1.54, 1.807) is 38.5 Å². The van der Waals surface area contributed by atoms with Gasteiger partial charge in [0.25, 0.3) is 11.8 Å². The molecule has 0 radical (unpaired) electrons. The van der Waals surface area contributed by atoms with Crippen LogP contribution in [0.25, 0.3) is 0 Å². The first-order chi connectivity index (χ1) is 21.0. The second-order valence-electron chi connectivity index (χ2n) is 10.7. The molecule has 226 valence electrons. The van der Waals surface area contributed by atoms with E-state index in [0.717, 1.165) is 30.8 Å². The van der Waals surface area contributed by atoms with Gasteiger partial charge in [0.05, 0.1) is 32.0 Å². The monoisotopic (exact) mass is 585 g/mol. The summed E-state index contributed by atoms with van der Waals surface area (Å²) in [5, 5.41) is 6.41. The van der Waals surface area contributed by atoms with Crippen LogP contribution in [0.15, 0.2) is 66.7 Å². The number of hydrogen-bond donors (Lipinski definition) is 2. The lowest BCUT2D eigenvalue weighted by Crippen LogP contribution is -2.49. The average Bonchev–Trinajstić information content (AvgIpc) is 3.34. The van der Waals surface area contributed by atoms with Gasteiger partial charge in [0.2, 0.25) is 5.91 Å². The molecule has 5 rings (SSSR count). The van der Waals surface area contributed by atoms with Crippen molar-refractivity contribution >= 4 is 29.1 Å². The molecule has 2 fully saturated rings. The van der Waals surface area contributed by atoms with Crippen molar-refractivity contribution in [3.05, 3.63) is 83.4 Å². The minimum atomic E-state index is -0.154. The molecule has 3 amide bonds. The van der Waals surface area contributed by atoms with Crippen molar-refractivity contribution < 1.29 is 23.9 Å². The van der Waals surface area contributed by atoms with Gasteiger partial charge in [0.1, 0.15) is 0 Å². The van der Waals surface area contributed by atoms with Crippen LogP contribution in [-0.4, -0.2) is 94.1 Å². The van der Waals surface area contributed by atoms with Gasteiger partial charge in [-0.3, -0.25) is 14.4 Å². The highest BCUT2D eigenvalue weighted by Gasteiger charge is 2.26. The number of methoxy groups -OCH3 is 2. The first-order valence-corrected chi connectivity index (χ1v) is 14.7. The van der Waals surface area contributed by atoms with Crippen LogP contribution in [0.4, 0.5) is 11.4 Å². The van der Waals surface area contributed by atoms with Crippen molar-refractivity contribution in [1.29, 1.82) is 0 Å². The molecule has 0 unspecified atom stereocenters. The van der Waals surface area contributed by atoms with Gasteiger partial charge in [0.15, 0.2) is 11.5 Å². The fourth-order valence-corrected chi connectivity index (χ4v) is 5.55. The molecule has 0 spiro atoms. The van der Waals surface area contributed by atoms with Gasteiger partial charge in [-0.15, -0.1) is 0 Å². The van der Waals surface area contributed by atoms with E-state index in [4.69, 9.17) is 9.47 Å². The van der Waals surface area contributed by atoms with E-state index >= 15 is 0 Å². The summed E-state index contributed by atoms with van der Waals surface area (Å²) in [6, 6.07) is 20.3. The maximum absolute atomic E-state index is 13.4. The van der Waals surface area contributed by atoms with Crippen molar-refractivity contribution in [2.24, 2.45) is 0 Å². The second kappa shape index (κ2) is 14.1. The maximum atomic E-state index is 13.4. The van der Waals surface area contributed by atoms with Crippen LogP contribution < -0.4 is 25.0 Å². The molecule has 0 saturated carbocycles. The number of ether oxygens (including phenoxy) is 2. The molecule has 2 N–H and O–H groups in total. The van der Waals surface area contributed by atoms with Crippen molar-refractivity contribution in [3.63, 3.8) is 0 Å². The lowest BCUT2D eigenvalue weighted by atomic mass is 10.1. The van der Waals surface area contributed by atoms with Gasteiger partial charge < -0.3 is 34.8 Å². The molecule has 3 aromatic rings. The topological polar surface area (TPSA) is 103 Å². The molecule has 10 heteroatoms. The van der Waals surface area contributed by atoms with E-state index in [9.17, 15) is 14.4 Å². The summed E-state index contributed by atoms with van der Waals surface area (Å²) in [5.41, 5.74) is 3.41. The number of benzene rings is 3. The fourth-order valence-electron chi connectivity index (χ4n) is 5.55. The number of hydrogen-bond acceptors (Lipinski definition) is 7. The van der Waals surface area contributed by atoms with Crippen molar-refractivity contribution in [3.8, 4) is 11.5 Å². The van der Waals surface area contributed by atoms with Crippen molar-refractivity contribution in [2.75, 3.05) is 76.8 Å². The molecular weight excluding hydrogens is 546 g/mol.